The summed E-state index contributed by atoms with van der Waals surface area (Å²) >= 11 is 6.14. The number of aromatic amines is 1. The van der Waals surface area contributed by atoms with Gasteiger partial charge in [0.15, 0.2) is 0 Å². The number of carbonyl (C=O) groups is 2. The zero-order valence-electron chi connectivity index (χ0n) is 18.2. The van der Waals surface area contributed by atoms with Crippen LogP contribution in [0.1, 0.15) is 22.9 Å². The number of nitrogens with one attached hydrogen (secondary N) is 1. The van der Waals surface area contributed by atoms with Crippen molar-refractivity contribution in [3.05, 3.63) is 94.5 Å². The molecule has 1 saturated heterocycles. The largest absolute Gasteiger partial charge is 0.507 e. The lowest BCUT2D eigenvalue weighted by atomic mass is 9.98. The topological polar surface area (TPSA) is 95.8 Å². The molecule has 0 bridgehead atoms. The van der Waals surface area contributed by atoms with Gasteiger partial charge in [0.05, 0.1) is 24.5 Å². The number of Topliss-reactive ketones (excluding diaryl/α,β-unsaturated/α-hetero) is 1. The highest BCUT2D eigenvalue weighted by molar-refractivity contribution is 6.46. The van der Waals surface area contributed by atoms with E-state index in [0.29, 0.717) is 23.0 Å². The van der Waals surface area contributed by atoms with Gasteiger partial charge in [-0.1, -0.05) is 29.8 Å². The number of benzene rings is 2. The number of aromatic nitrogens is 1. The number of likely N-dealkylation sites (tertiary alicyclic amines) is 1. The molecule has 0 radical (unpaired) electrons. The van der Waals surface area contributed by atoms with Crippen LogP contribution in [-0.4, -0.2) is 40.3 Å². The second-order valence-corrected chi connectivity index (χ2v) is 8.40. The van der Waals surface area contributed by atoms with Gasteiger partial charge >= 0.3 is 0 Å². The monoisotopic (exact) mass is 476 g/mol. The van der Waals surface area contributed by atoms with E-state index >= 15 is 0 Å². The first kappa shape index (κ1) is 21.9. The number of rotatable bonds is 6. The summed E-state index contributed by atoms with van der Waals surface area (Å²) in [6.07, 6.45) is 3.88. The summed E-state index contributed by atoms with van der Waals surface area (Å²) in [7, 11) is 1.45. The third-order valence-corrected chi connectivity index (χ3v) is 6.30. The third kappa shape index (κ3) is 3.64. The fourth-order valence-corrected chi connectivity index (χ4v) is 4.62. The van der Waals surface area contributed by atoms with Crippen LogP contribution in [0.25, 0.3) is 16.7 Å². The van der Waals surface area contributed by atoms with Crippen LogP contribution in [0, 0.1) is 0 Å². The Morgan fingerprint density at radius 2 is 2.00 bits per heavy atom. The van der Waals surface area contributed by atoms with Gasteiger partial charge in [0.25, 0.3) is 11.7 Å². The second kappa shape index (κ2) is 8.76. The van der Waals surface area contributed by atoms with Crippen molar-refractivity contribution in [2.75, 3.05) is 13.7 Å². The smallest absolute Gasteiger partial charge is 0.295 e. The third-order valence-electron chi connectivity index (χ3n) is 6.07. The molecule has 0 saturated carbocycles. The van der Waals surface area contributed by atoms with Crippen molar-refractivity contribution in [1.29, 1.82) is 0 Å². The van der Waals surface area contributed by atoms with E-state index in [1.807, 2.05) is 30.5 Å². The van der Waals surface area contributed by atoms with Crippen LogP contribution in [0.15, 0.2) is 77.0 Å². The number of halogens is 1. The molecule has 1 aliphatic rings. The summed E-state index contributed by atoms with van der Waals surface area (Å²) in [5.74, 6) is -1.16. The van der Waals surface area contributed by atoms with Gasteiger partial charge in [-0.15, -0.1) is 0 Å². The van der Waals surface area contributed by atoms with E-state index in [1.54, 1.807) is 24.3 Å². The Morgan fingerprint density at radius 3 is 2.76 bits per heavy atom. The Morgan fingerprint density at radius 1 is 1.18 bits per heavy atom. The quantitative estimate of drug-likeness (QED) is 0.229. The van der Waals surface area contributed by atoms with Crippen molar-refractivity contribution in [3.8, 4) is 5.75 Å². The SMILES string of the molecule is COc1ccc(Cl)cc1/C(O)=C1/C(=O)C(=O)N(CCc2c[nH]c3ccccc23)C1c1ccco1. The van der Waals surface area contributed by atoms with E-state index < -0.39 is 17.7 Å². The Bertz CT molecular complexity index is 1420. The lowest BCUT2D eigenvalue weighted by Gasteiger charge is -2.23. The van der Waals surface area contributed by atoms with Crippen molar-refractivity contribution >= 4 is 40.0 Å². The number of aliphatic hydroxyl groups is 1. The van der Waals surface area contributed by atoms with E-state index in [2.05, 4.69) is 4.98 Å². The molecule has 5 rings (SSSR count). The van der Waals surface area contributed by atoms with E-state index in [9.17, 15) is 14.7 Å². The van der Waals surface area contributed by atoms with Crippen LogP contribution in [0.5, 0.6) is 5.75 Å². The molecule has 8 heteroatoms. The molecule has 1 amide bonds. The fraction of sp³-hybridized carbons (Fsp3) is 0.154. The molecule has 1 unspecified atom stereocenters. The Hall–Kier alpha value is -3.97. The molecule has 4 aromatic rings. The van der Waals surface area contributed by atoms with E-state index in [-0.39, 0.29) is 23.4 Å². The molecule has 2 aromatic heterocycles. The summed E-state index contributed by atoms with van der Waals surface area (Å²) in [4.78, 5) is 30.9. The number of amides is 1. The number of aliphatic hydroxyl groups excluding tert-OH is 1. The normalized spacial score (nSPS) is 17.6. The molecule has 2 aromatic carbocycles. The minimum absolute atomic E-state index is 0.0700. The molecule has 3 heterocycles. The van der Waals surface area contributed by atoms with Gasteiger partial charge in [0, 0.05) is 28.7 Å². The number of ether oxygens (including phenoxy) is 1. The molecule has 2 N–H and O–H groups in total. The minimum Gasteiger partial charge on any atom is -0.507 e. The Balaban J connectivity index is 1.57. The number of methoxy groups -OCH3 is 1. The van der Waals surface area contributed by atoms with Gasteiger partial charge in [-0.3, -0.25) is 9.59 Å². The number of ketones is 1. The number of para-hydroxylation sites is 1. The molecule has 1 fully saturated rings. The highest BCUT2D eigenvalue weighted by Crippen LogP contribution is 2.41. The van der Waals surface area contributed by atoms with Crippen molar-refractivity contribution in [1.82, 2.24) is 9.88 Å². The van der Waals surface area contributed by atoms with Crippen molar-refractivity contribution in [2.24, 2.45) is 0 Å². The molecule has 1 atom stereocenters. The molecule has 0 spiro atoms. The summed E-state index contributed by atoms with van der Waals surface area (Å²) in [5, 5.41) is 12.6. The Labute approximate surface area is 200 Å². The van der Waals surface area contributed by atoms with Gasteiger partial charge < -0.3 is 24.1 Å². The zero-order valence-corrected chi connectivity index (χ0v) is 19.0. The predicted molar refractivity (Wildman–Crippen MR) is 128 cm³/mol. The average Bonchev–Trinajstić information content (AvgIpc) is 3.57. The first-order valence-electron chi connectivity index (χ1n) is 10.7. The zero-order chi connectivity index (χ0) is 23.8. The first-order valence-corrected chi connectivity index (χ1v) is 11.1. The summed E-state index contributed by atoms with van der Waals surface area (Å²) in [6, 6.07) is 15.0. The molecular weight excluding hydrogens is 456 g/mol. The molecule has 0 aliphatic carbocycles. The number of nitrogens with zero attached hydrogens (tertiary/aromatic N) is 1. The van der Waals surface area contributed by atoms with Crippen molar-refractivity contribution < 1.29 is 23.8 Å². The van der Waals surface area contributed by atoms with Crippen LogP contribution < -0.4 is 4.74 Å². The maximum Gasteiger partial charge on any atom is 0.295 e. The maximum absolute atomic E-state index is 13.2. The van der Waals surface area contributed by atoms with E-state index in [4.69, 9.17) is 20.8 Å². The van der Waals surface area contributed by atoms with Gasteiger partial charge in [-0.25, -0.2) is 0 Å². The van der Waals surface area contributed by atoms with Crippen LogP contribution >= 0.6 is 11.6 Å². The van der Waals surface area contributed by atoms with Crippen LogP contribution in [0.2, 0.25) is 5.02 Å². The molecule has 7 nitrogen and oxygen atoms in total. The average molecular weight is 477 g/mol. The fourth-order valence-electron chi connectivity index (χ4n) is 4.44. The summed E-state index contributed by atoms with van der Waals surface area (Å²) < 4.78 is 10.9. The van der Waals surface area contributed by atoms with Crippen LogP contribution in [-0.2, 0) is 16.0 Å². The molecule has 172 valence electrons. The van der Waals surface area contributed by atoms with E-state index in [1.165, 1.54) is 24.3 Å². The first-order chi connectivity index (χ1) is 16.5. The molecule has 1 aliphatic heterocycles. The number of H-pyrrole nitrogens is 1. The van der Waals surface area contributed by atoms with Crippen LogP contribution in [0.3, 0.4) is 0 Å². The minimum atomic E-state index is -0.885. The van der Waals surface area contributed by atoms with Gasteiger partial charge in [-0.2, -0.15) is 0 Å². The van der Waals surface area contributed by atoms with Gasteiger partial charge in [-0.05, 0) is 48.4 Å². The van der Waals surface area contributed by atoms with Crippen LogP contribution in [0.4, 0.5) is 0 Å². The second-order valence-electron chi connectivity index (χ2n) is 7.96. The highest BCUT2D eigenvalue weighted by Gasteiger charge is 2.47. The number of hydrogen-bond donors (Lipinski definition) is 2. The Kier molecular flexibility index (Phi) is 5.63. The maximum atomic E-state index is 13.2. The van der Waals surface area contributed by atoms with Gasteiger partial charge in [0.1, 0.15) is 23.3 Å². The van der Waals surface area contributed by atoms with Crippen molar-refractivity contribution in [3.63, 3.8) is 0 Å². The summed E-state index contributed by atoms with van der Waals surface area (Å²) in [5.41, 5.74) is 2.17. The number of furan rings is 1. The number of fused-ring (bicyclic) bond motifs is 1. The van der Waals surface area contributed by atoms with Crippen molar-refractivity contribution in [2.45, 2.75) is 12.5 Å². The lowest BCUT2D eigenvalue weighted by molar-refractivity contribution is -0.140. The number of carbonyl (C=O) groups excluding carboxylic acids is 2. The standard InChI is InChI=1S/C26H21ClN2O5/c1-33-20-9-8-16(27)13-18(20)24(30)22-23(21-7-4-12-34-21)29(26(32)25(22)31)11-10-15-14-28-19-6-3-2-5-17(15)19/h2-9,12-14,23,28,30H,10-11H2,1H3/b24-22-. The predicted octanol–water partition coefficient (Wildman–Crippen LogP) is 5.09. The lowest BCUT2D eigenvalue weighted by Crippen LogP contribution is -2.31. The summed E-state index contributed by atoms with van der Waals surface area (Å²) in [6.45, 7) is 0.251. The molecular formula is C26H21ClN2O5. The van der Waals surface area contributed by atoms with Gasteiger partial charge in [0.2, 0.25) is 0 Å². The van der Waals surface area contributed by atoms with E-state index in [0.717, 1.165) is 16.5 Å². The molecule has 34 heavy (non-hydrogen) atoms. The highest BCUT2D eigenvalue weighted by atomic mass is 35.5. The number of hydrogen-bond acceptors (Lipinski definition) is 5.